The van der Waals surface area contributed by atoms with Crippen molar-refractivity contribution in [2.24, 2.45) is 0 Å². The third-order valence-electron chi connectivity index (χ3n) is 9.00. The summed E-state index contributed by atoms with van der Waals surface area (Å²) < 4.78 is 12.6. The van der Waals surface area contributed by atoms with Crippen molar-refractivity contribution in [3.05, 3.63) is 114 Å². The maximum absolute atomic E-state index is 4.05. The van der Waals surface area contributed by atoms with Crippen LogP contribution in [0.25, 0.3) is 90.1 Å². The summed E-state index contributed by atoms with van der Waals surface area (Å²) in [7, 11) is 0. The van der Waals surface area contributed by atoms with Crippen LogP contribution in [0.15, 0.2) is 103 Å². The molecule has 4 aromatic carbocycles. The maximum atomic E-state index is 4.05. The molecule has 6 aromatic heterocycles. The van der Waals surface area contributed by atoms with Crippen LogP contribution in [-0.2, 0) is 0 Å². The van der Waals surface area contributed by atoms with Gasteiger partial charge in [-0.05, 0) is 135 Å². The molecule has 10 heteroatoms. The van der Waals surface area contributed by atoms with Gasteiger partial charge in [-0.1, -0.05) is 71.8 Å². The Morgan fingerprint density at radius 2 is 0.720 bits per heavy atom. The van der Waals surface area contributed by atoms with Gasteiger partial charge < -0.3 is 0 Å². The molecule has 0 unspecified atom stereocenters. The van der Waals surface area contributed by atoms with Crippen molar-refractivity contribution >= 4 is 181 Å². The number of hydrogen-bond donors (Lipinski definition) is 0. The molecule has 244 valence electrons. The summed E-state index contributed by atoms with van der Waals surface area (Å²) in [5.74, 6) is 0. The van der Waals surface area contributed by atoms with E-state index in [0.717, 1.165) is 0 Å². The van der Waals surface area contributed by atoms with E-state index in [1.807, 2.05) is 68.0 Å². The van der Waals surface area contributed by atoms with Gasteiger partial charge in [-0.2, -0.15) is 0 Å². The lowest BCUT2D eigenvalue weighted by molar-refractivity contribution is 1.51. The smallest absolute Gasteiger partial charge is 0.0618 e. The first-order valence-electron chi connectivity index (χ1n) is 15.6. The Kier molecular flexibility index (Phi) is 8.19. The molecule has 6 heterocycles. The van der Waals surface area contributed by atoms with Gasteiger partial charge in [0.25, 0.3) is 0 Å². The van der Waals surface area contributed by atoms with Gasteiger partial charge in [0.2, 0.25) is 0 Å². The molecule has 0 aliphatic carbocycles. The molecule has 0 spiro atoms. The highest BCUT2D eigenvalue weighted by Gasteiger charge is 2.26. The lowest BCUT2D eigenvalue weighted by Crippen LogP contribution is -1.77. The zero-order valence-electron chi connectivity index (χ0n) is 26.0. The lowest BCUT2D eigenvalue weighted by atomic mass is 10.0. The molecule has 0 aliphatic heterocycles. The van der Waals surface area contributed by atoms with Crippen molar-refractivity contribution in [3.8, 4) is 40.4 Å². The Hall–Kier alpha value is -1.70. The minimum absolute atomic E-state index is 1.18. The van der Waals surface area contributed by atoms with Crippen LogP contribution in [0.1, 0.15) is 11.1 Å². The normalized spacial score (nSPS) is 12.2. The molecule has 0 N–H and O–H groups in total. The van der Waals surface area contributed by atoms with E-state index in [1.165, 1.54) is 119 Å². The van der Waals surface area contributed by atoms with E-state index in [1.54, 1.807) is 0 Å². The van der Waals surface area contributed by atoms with Crippen LogP contribution in [0.2, 0.25) is 0 Å². The molecular formula is C40H20Br4S6. The van der Waals surface area contributed by atoms with Crippen molar-refractivity contribution in [1.82, 2.24) is 0 Å². The van der Waals surface area contributed by atoms with E-state index in [-0.39, 0.29) is 0 Å². The predicted octanol–water partition coefficient (Wildman–Crippen LogP) is 18.2. The van der Waals surface area contributed by atoms with Crippen molar-refractivity contribution in [1.29, 1.82) is 0 Å². The molecule has 10 rings (SSSR count). The number of rotatable bonds is 4. The standard InChI is InChI=1S/C40H20Br4S6/c1-17-3-5-21-13-23(9-7-19(21)11-17)25-15-27-33(45-25)29(41)35(47-27)37-31(43)39-40(49-37)32(44)38(50-39)36-30(42)34-28(48-36)16-26(46-34)24-10-8-20-12-18(2)4-6-22(20)14-24/h3-16H,1-2H3. The van der Waals surface area contributed by atoms with Gasteiger partial charge in [0, 0.05) is 19.2 Å². The summed E-state index contributed by atoms with van der Waals surface area (Å²) in [5.41, 5.74) is 5.14. The summed E-state index contributed by atoms with van der Waals surface area (Å²) in [4.78, 5) is 7.75. The fourth-order valence-electron chi connectivity index (χ4n) is 6.51. The van der Waals surface area contributed by atoms with Crippen molar-refractivity contribution in [2.45, 2.75) is 13.8 Å². The number of benzene rings is 4. The van der Waals surface area contributed by atoms with E-state index in [2.05, 4.69) is 162 Å². The third kappa shape index (κ3) is 5.27. The molecule has 0 bridgehead atoms. The molecule has 0 amide bonds. The second-order valence-electron chi connectivity index (χ2n) is 12.4. The first-order chi connectivity index (χ1) is 24.2. The number of thiophene rings is 6. The predicted molar refractivity (Wildman–Crippen MR) is 243 cm³/mol. The molecule has 0 atom stereocenters. The fraction of sp³-hybridized carbons (Fsp3) is 0.0500. The number of hydrogen-bond acceptors (Lipinski definition) is 6. The van der Waals surface area contributed by atoms with Crippen molar-refractivity contribution in [3.63, 3.8) is 0 Å². The van der Waals surface area contributed by atoms with Crippen molar-refractivity contribution < 1.29 is 0 Å². The summed E-state index contributed by atoms with van der Waals surface area (Å²) in [6.07, 6.45) is 0. The highest BCUT2D eigenvalue weighted by atomic mass is 79.9. The molecule has 0 saturated heterocycles. The third-order valence-corrected chi connectivity index (χ3v) is 22.1. The highest BCUT2D eigenvalue weighted by Crippen LogP contribution is 2.59. The number of aryl methyl sites for hydroxylation is 2. The average molecular weight is 1010 g/mol. The van der Waals surface area contributed by atoms with E-state index < -0.39 is 0 Å². The molecule has 0 fully saturated rings. The number of fused-ring (bicyclic) bond motifs is 5. The maximum Gasteiger partial charge on any atom is 0.0618 e. The van der Waals surface area contributed by atoms with Gasteiger partial charge in [0.1, 0.15) is 0 Å². The SMILES string of the molecule is Cc1ccc2cc(-c3cc4sc(-c5sc6c(Br)c(-c7sc8cc(-c9ccc%10cc(C)ccc%10c9)sc8c7Br)sc6c5Br)c(Br)c4s3)ccc2c1. The Labute approximate surface area is 345 Å². The minimum Gasteiger partial charge on any atom is -0.133 e. The van der Waals surface area contributed by atoms with E-state index >= 15 is 0 Å². The fourth-order valence-corrected chi connectivity index (χ4v) is 18.7. The topological polar surface area (TPSA) is 0 Å². The van der Waals surface area contributed by atoms with E-state index in [9.17, 15) is 0 Å². The van der Waals surface area contributed by atoms with Gasteiger partial charge in [-0.3, -0.25) is 0 Å². The lowest BCUT2D eigenvalue weighted by Gasteiger charge is -2.03. The van der Waals surface area contributed by atoms with Crippen LogP contribution in [0, 0.1) is 13.8 Å². The Morgan fingerprint density at radius 1 is 0.360 bits per heavy atom. The first-order valence-corrected chi connectivity index (χ1v) is 23.6. The van der Waals surface area contributed by atoms with Crippen LogP contribution in [0.3, 0.4) is 0 Å². The summed E-state index contributed by atoms with van der Waals surface area (Å²) in [6.45, 7) is 4.30. The van der Waals surface area contributed by atoms with Gasteiger partial charge in [0.05, 0.1) is 56.2 Å². The quantitative estimate of drug-likeness (QED) is 0.165. The van der Waals surface area contributed by atoms with Crippen LogP contribution >= 0.6 is 132 Å². The molecule has 0 saturated carbocycles. The average Bonchev–Trinajstić information content (AvgIpc) is 3.95. The molecule has 50 heavy (non-hydrogen) atoms. The highest BCUT2D eigenvalue weighted by molar-refractivity contribution is 9.11. The second kappa shape index (κ2) is 12.4. The van der Waals surface area contributed by atoms with Crippen LogP contribution in [-0.4, -0.2) is 0 Å². The van der Waals surface area contributed by atoms with Gasteiger partial charge in [-0.15, -0.1) is 68.0 Å². The zero-order valence-corrected chi connectivity index (χ0v) is 37.3. The Morgan fingerprint density at radius 3 is 1.14 bits per heavy atom. The second-order valence-corrected chi connectivity index (χ2v) is 21.8. The van der Waals surface area contributed by atoms with Crippen LogP contribution < -0.4 is 0 Å². The van der Waals surface area contributed by atoms with Gasteiger partial charge in [-0.25, -0.2) is 0 Å². The largest absolute Gasteiger partial charge is 0.133 e. The van der Waals surface area contributed by atoms with Gasteiger partial charge in [0.15, 0.2) is 0 Å². The molecule has 0 nitrogen and oxygen atoms in total. The Balaban J connectivity index is 0.986. The van der Waals surface area contributed by atoms with Gasteiger partial charge >= 0.3 is 0 Å². The van der Waals surface area contributed by atoms with Crippen LogP contribution in [0.4, 0.5) is 0 Å². The first kappa shape index (κ1) is 32.9. The van der Waals surface area contributed by atoms with Crippen molar-refractivity contribution in [2.75, 3.05) is 0 Å². The summed E-state index contributed by atoms with van der Waals surface area (Å²) >= 11 is 27.4. The zero-order chi connectivity index (χ0) is 34.0. The summed E-state index contributed by atoms with van der Waals surface area (Å²) in [5, 5.41) is 5.15. The summed E-state index contributed by atoms with van der Waals surface area (Å²) in [6, 6.07) is 31.7. The van der Waals surface area contributed by atoms with Crippen LogP contribution in [0.5, 0.6) is 0 Å². The monoisotopic (exact) mass is 1010 g/mol. The number of halogens is 4. The molecule has 0 radical (unpaired) electrons. The molecule has 0 aliphatic rings. The molecular weight excluding hydrogens is 992 g/mol. The Bertz CT molecular complexity index is 2810. The minimum atomic E-state index is 1.18. The molecule has 10 aromatic rings. The van der Waals surface area contributed by atoms with E-state index in [4.69, 9.17) is 0 Å². The van der Waals surface area contributed by atoms with E-state index in [0.29, 0.717) is 0 Å².